The molecule has 0 bridgehead atoms. The quantitative estimate of drug-likeness (QED) is 0.526. The van der Waals surface area contributed by atoms with E-state index in [1.54, 1.807) is 6.92 Å². The molecule has 3 nitrogen and oxygen atoms in total. The van der Waals surface area contributed by atoms with Crippen molar-refractivity contribution >= 4 is 0 Å². The van der Waals surface area contributed by atoms with Crippen LogP contribution in [0.5, 0.6) is 0 Å². The van der Waals surface area contributed by atoms with Gasteiger partial charge in [-0.1, -0.05) is 39.0 Å². The third-order valence-electron chi connectivity index (χ3n) is 2.37. The van der Waals surface area contributed by atoms with Crippen molar-refractivity contribution in [1.82, 2.24) is 0 Å². The Bertz CT molecular complexity index is 126. The van der Waals surface area contributed by atoms with Gasteiger partial charge in [0.15, 0.2) is 0 Å². The molecule has 0 fully saturated rings. The number of hydrogen-bond acceptors (Lipinski definition) is 3. The maximum absolute atomic E-state index is 8.93. The molecule has 0 aliphatic rings. The summed E-state index contributed by atoms with van der Waals surface area (Å²) in [5.41, 5.74) is 0. The summed E-state index contributed by atoms with van der Waals surface area (Å²) in [6.07, 6.45) is 7.39. The van der Waals surface area contributed by atoms with Crippen LogP contribution in [0.3, 0.4) is 0 Å². The second-order valence-corrected chi connectivity index (χ2v) is 4.30. The summed E-state index contributed by atoms with van der Waals surface area (Å²) in [7, 11) is 0. The molecule has 0 radical (unpaired) electrons. The monoisotopic (exact) mass is 232 g/mol. The molecule has 1 unspecified atom stereocenters. The van der Waals surface area contributed by atoms with Crippen molar-refractivity contribution in [3.05, 3.63) is 0 Å². The molecule has 0 spiro atoms. The Morgan fingerprint density at radius 3 is 2.19 bits per heavy atom. The SMILES string of the molecule is CCCCCCCCOCCOCC(C)O. The average molecular weight is 232 g/mol. The van der Waals surface area contributed by atoms with Gasteiger partial charge in [0.1, 0.15) is 0 Å². The van der Waals surface area contributed by atoms with Crippen molar-refractivity contribution in [3.8, 4) is 0 Å². The molecule has 0 aromatic carbocycles. The lowest BCUT2D eigenvalue weighted by molar-refractivity contribution is 0.00891. The lowest BCUT2D eigenvalue weighted by Crippen LogP contribution is -2.13. The first kappa shape index (κ1) is 15.9. The molecule has 0 saturated heterocycles. The Kier molecular flexibility index (Phi) is 12.9. The second-order valence-electron chi connectivity index (χ2n) is 4.30. The zero-order chi connectivity index (χ0) is 12.1. The Hall–Kier alpha value is -0.120. The highest BCUT2D eigenvalue weighted by Crippen LogP contribution is 2.04. The van der Waals surface area contributed by atoms with E-state index in [0.29, 0.717) is 19.8 Å². The molecule has 0 aliphatic heterocycles. The summed E-state index contributed by atoms with van der Waals surface area (Å²) < 4.78 is 10.6. The minimum atomic E-state index is -0.376. The van der Waals surface area contributed by atoms with Crippen molar-refractivity contribution in [2.24, 2.45) is 0 Å². The van der Waals surface area contributed by atoms with Gasteiger partial charge in [-0.3, -0.25) is 0 Å². The maximum Gasteiger partial charge on any atom is 0.0745 e. The molecule has 1 atom stereocenters. The molecule has 16 heavy (non-hydrogen) atoms. The summed E-state index contributed by atoms with van der Waals surface area (Å²) in [6, 6.07) is 0. The molecule has 0 heterocycles. The highest BCUT2D eigenvalue weighted by Gasteiger charge is 1.95. The predicted molar refractivity (Wildman–Crippen MR) is 66.7 cm³/mol. The van der Waals surface area contributed by atoms with Crippen LogP contribution in [0, 0.1) is 0 Å². The summed E-state index contributed by atoms with van der Waals surface area (Å²) >= 11 is 0. The fraction of sp³-hybridized carbons (Fsp3) is 1.00. The minimum absolute atomic E-state index is 0.376. The smallest absolute Gasteiger partial charge is 0.0745 e. The van der Waals surface area contributed by atoms with Crippen LogP contribution in [-0.2, 0) is 9.47 Å². The first-order chi connectivity index (χ1) is 7.77. The lowest BCUT2D eigenvalue weighted by Gasteiger charge is -2.07. The molecular formula is C13H28O3. The van der Waals surface area contributed by atoms with Gasteiger partial charge in [-0.25, -0.2) is 0 Å². The van der Waals surface area contributed by atoms with Gasteiger partial charge in [0, 0.05) is 6.61 Å². The highest BCUT2D eigenvalue weighted by atomic mass is 16.5. The van der Waals surface area contributed by atoms with Gasteiger partial charge in [-0.2, -0.15) is 0 Å². The van der Waals surface area contributed by atoms with E-state index in [1.807, 2.05) is 0 Å². The van der Waals surface area contributed by atoms with E-state index in [9.17, 15) is 0 Å². The summed E-state index contributed by atoms with van der Waals surface area (Å²) in [5.74, 6) is 0. The molecule has 0 aromatic rings. The van der Waals surface area contributed by atoms with E-state index in [4.69, 9.17) is 14.6 Å². The molecule has 1 N–H and O–H groups in total. The van der Waals surface area contributed by atoms with Crippen LogP contribution in [-0.4, -0.2) is 37.6 Å². The molecule has 0 aliphatic carbocycles. The van der Waals surface area contributed by atoms with Gasteiger partial charge >= 0.3 is 0 Å². The summed E-state index contributed by atoms with van der Waals surface area (Å²) in [4.78, 5) is 0. The van der Waals surface area contributed by atoms with Crippen LogP contribution in [0.25, 0.3) is 0 Å². The first-order valence-electron chi connectivity index (χ1n) is 6.61. The zero-order valence-electron chi connectivity index (χ0n) is 10.9. The lowest BCUT2D eigenvalue weighted by atomic mass is 10.1. The van der Waals surface area contributed by atoms with E-state index in [0.717, 1.165) is 13.0 Å². The standard InChI is InChI=1S/C13H28O3/c1-3-4-5-6-7-8-9-15-10-11-16-12-13(2)14/h13-14H,3-12H2,1-2H3. The van der Waals surface area contributed by atoms with E-state index in [-0.39, 0.29) is 6.10 Å². The Labute approximate surface area is 100 Å². The van der Waals surface area contributed by atoms with Crippen molar-refractivity contribution in [1.29, 1.82) is 0 Å². The van der Waals surface area contributed by atoms with E-state index >= 15 is 0 Å². The van der Waals surface area contributed by atoms with Crippen LogP contribution < -0.4 is 0 Å². The van der Waals surface area contributed by atoms with Crippen molar-refractivity contribution in [3.63, 3.8) is 0 Å². The van der Waals surface area contributed by atoms with E-state index in [1.165, 1.54) is 32.1 Å². The summed E-state index contributed by atoms with van der Waals surface area (Å²) in [5, 5.41) is 8.93. The third kappa shape index (κ3) is 13.9. The molecule has 0 aromatic heterocycles. The molecule has 0 saturated carbocycles. The molecule has 0 rings (SSSR count). The van der Waals surface area contributed by atoms with Crippen LogP contribution >= 0.6 is 0 Å². The van der Waals surface area contributed by atoms with E-state index in [2.05, 4.69) is 6.92 Å². The third-order valence-corrected chi connectivity index (χ3v) is 2.37. The topological polar surface area (TPSA) is 38.7 Å². The van der Waals surface area contributed by atoms with Crippen molar-refractivity contribution in [2.45, 2.75) is 58.5 Å². The summed E-state index contributed by atoms with van der Waals surface area (Å²) in [6.45, 7) is 6.42. The van der Waals surface area contributed by atoms with Gasteiger partial charge < -0.3 is 14.6 Å². The van der Waals surface area contributed by atoms with Crippen LogP contribution in [0.2, 0.25) is 0 Å². The average Bonchev–Trinajstić information content (AvgIpc) is 2.25. The van der Waals surface area contributed by atoms with Gasteiger partial charge in [-0.05, 0) is 13.3 Å². The van der Waals surface area contributed by atoms with Gasteiger partial charge in [-0.15, -0.1) is 0 Å². The Balaban J connectivity index is 2.88. The van der Waals surface area contributed by atoms with E-state index < -0.39 is 0 Å². The van der Waals surface area contributed by atoms with Gasteiger partial charge in [0.25, 0.3) is 0 Å². The maximum atomic E-state index is 8.93. The number of hydrogen-bond donors (Lipinski definition) is 1. The molecular weight excluding hydrogens is 204 g/mol. The number of ether oxygens (including phenoxy) is 2. The second kappa shape index (κ2) is 12.9. The molecule has 98 valence electrons. The largest absolute Gasteiger partial charge is 0.391 e. The fourth-order valence-corrected chi connectivity index (χ4v) is 1.46. The Morgan fingerprint density at radius 1 is 0.875 bits per heavy atom. The van der Waals surface area contributed by atoms with Crippen LogP contribution in [0.15, 0.2) is 0 Å². The number of aliphatic hydroxyl groups excluding tert-OH is 1. The fourth-order valence-electron chi connectivity index (χ4n) is 1.46. The first-order valence-corrected chi connectivity index (χ1v) is 6.61. The zero-order valence-corrected chi connectivity index (χ0v) is 10.9. The number of aliphatic hydroxyl groups is 1. The van der Waals surface area contributed by atoms with Crippen molar-refractivity contribution in [2.75, 3.05) is 26.4 Å². The molecule has 3 heteroatoms. The number of rotatable bonds is 12. The van der Waals surface area contributed by atoms with Crippen LogP contribution in [0.1, 0.15) is 52.4 Å². The van der Waals surface area contributed by atoms with Crippen molar-refractivity contribution < 1.29 is 14.6 Å². The van der Waals surface area contributed by atoms with Gasteiger partial charge in [0.05, 0.1) is 25.9 Å². The van der Waals surface area contributed by atoms with Crippen LogP contribution in [0.4, 0.5) is 0 Å². The Morgan fingerprint density at radius 2 is 1.50 bits per heavy atom. The predicted octanol–water partition coefficient (Wildman–Crippen LogP) is 2.76. The minimum Gasteiger partial charge on any atom is -0.391 e. The van der Waals surface area contributed by atoms with Gasteiger partial charge in [0.2, 0.25) is 0 Å². The highest BCUT2D eigenvalue weighted by molar-refractivity contribution is 4.44. The number of unbranched alkanes of at least 4 members (excludes halogenated alkanes) is 5. The normalized spacial score (nSPS) is 12.9. The molecule has 0 amide bonds.